The highest BCUT2D eigenvalue weighted by atomic mass is 19.1. The number of carbonyl (C=O) groups is 2. The average Bonchev–Trinajstić information content (AvgIpc) is 2.94. The van der Waals surface area contributed by atoms with Gasteiger partial charge in [0.15, 0.2) is 11.6 Å². The van der Waals surface area contributed by atoms with Gasteiger partial charge in [-0.3, -0.25) is 4.79 Å². The third kappa shape index (κ3) is 2.67. The minimum Gasteiger partial charge on any atom is -0.494 e. The van der Waals surface area contributed by atoms with Crippen molar-refractivity contribution in [2.75, 3.05) is 19.5 Å². The number of benzene rings is 2. The Morgan fingerprint density at radius 3 is 2.58 bits per heavy atom. The Labute approximate surface area is 148 Å². The maximum Gasteiger partial charge on any atom is 0.419 e. The van der Waals surface area contributed by atoms with E-state index in [1.807, 2.05) is 0 Å². The Morgan fingerprint density at radius 1 is 1.15 bits per heavy atom. The number of halogens is 1. The van der Waals surface area contributed by atoms with Crippen LogP contribution in [0, 0.1) is 5.82 Å². The molecule has 0 spiro atoms. The average molecular weight is 356 g/mol. The molecule has 2 aromatic carbocycles. The van der Waals surface area contributed by atoms with E-state index in [2.05, 4.69) is 0 Å². The number of para-hydroxylation sites is 1. The summed E-state index contributed by atoms with van der Waals surface area (Å²) in [5.41, 5.74) is 6.24. The molecule has 0 saturated heterocycles. The van der Waals surface area contributed by atoms with Crippen molar-refractivity contribution in [2.24, 2.45) is 0 Å². The molecule has 7 heteroatoms. The Balaban J connectivity index is 2.28. The zero-order valence-electron chi connectivity index (χ0n) is 14.3. The summed E-state index contributed by atoms with van der Waals surface area (Å²) in [4.78, 5) is 25.5. The van der Waals surface area contributed by atoms with Crippen molar-refractivity contribution in [3.8, 4) is 5.75 Å². The Hall–Kier alpha value is -3.35. The summed E-state index contributed by atoms with van der Waals surface area (Å²) >= 11 is 0. The first-order valence-electron chi connectivity index (χ1n) is 7.94. The smallest absolute Gasteiger partial charge is 0.419 e. The quantitative estimate of drug-likeness (QED) is 0.722. The highest BCUT2D eigenvalue weighted by molar-refractivity contribution is 6.18. The molecule has 0 radical (unpaired) electrons. The maximum atomic E-state index is 14.6. The molecule has 6 nitrogen and oxygen atoms in total. The molecule has 3 rings (SSSR count). The van der Waals surface area contributed by atoms with Gasteiger partial charge < -0.3 is 15.2 Å². The molecule has 0 atom stereocenters. The molecule has 134 valence electrons. The van der Waals surface area contributed by atoms with E-state index >= 15 is 0 Å². The number of ether oxygens (including phenoxy) is 2. The van der Waals surface area contributed by atoms with Crippen molar-refractivity contribution >= 4 is 28.5 Å². The summed E-state index contributed by atoms with van der Waals surface area (Å²) in [6, 6.07) is 11.0. The Morgan fingerprint density at radius 2 is 1.88 bits per heavy atom. The first-order chi connectivity index (χ1) is 12.5. The number of hydrogen-bond acceptors (Lipinski definition) is 5. The van der Waals surface area contributed by atoms with Gasteiger partial charge in [-0.2, -0.15) is 0 Å². The zero-order chi connectivity index (χ0) is 18.8. The van der Waals surface area contributed by atoms with E-state index in [0.29, 0.717) is 10.9 Å². The third-order valence-corrected chi connectivity index (χ3v) is 4.01. The lowest BCUT2D eigenvalue weighted by Gasteiger charge is -2.10. The molecule has 0 saturated carbocycles. The molecular formula is C19H17FN2O4. The van der Waals surface area contributed by atoms with E-state index in [0.717, 1.165) is 4.57 Å². The normalized spacial score (nSPS) is 10.7. The molecule has 1 aromatic heterocycles. The van der Waals surface area contributed by atoms with Crippen LogP contribution in [0.2, 0.25) is 0 Å². The molecule has 0 aliphatic rings. The number of methoxy groups -OCH3 is 1. The highest BCUT2D eigenvalue weighted by Crippen LogP contribution is 2.32. The minimum absolute atomic E-state index is 0.0757. The van der Waals surface area contributed by atoms with Crippen molar-refractivity contribution in [1.82, 2.24) is 4.57 Å². The molecule has 0 unspecified atom stereocenters. The van der Waals surface area contributed by atoms with Gasteiger partial charge in [0.1, 0.15) is 5.69 Å². The molecule has 0 bridgehead atoms. The summed E-state index contributed by atoms with van der Waals surface area (Å²) in [6.45, 7) is 1.77. The largest absolute Gasteiger partial charge is 0.494 e. The van der Waals surface area contributed by atoms with Gasteiger partial charge in [-0.1, -0.05) is 24.3 Å². The summed E-state index contributed by atoms with van der Waals surface area (Å²) in [6.07, 6.45) is -0.757. The summed E-state index contributed by atoms with van der Waals surface area (Å²) in [5, 5.41) is 0.507. The van der Waals surface area contributed by atoms with Gasteiger partial charge in [0.2, 0.25) is 5.78 Å². The van der Waals surface area contributed by atoms with Crippen molar-refractivity contribution in [3.63, 3.8) is 0 Å². The maximum absolute atomic E-state index is 14.6. The summed E-state index contributed by atoms with van der Waals surface area (Å²) < 4.78 is 25.6. The van der Waals surface area contributed by atoms with Gasteiger partial charge in [0, 0.05) is 5.39 Å². The van der Waals surface area contributed by atoms with Crippen LogP contribution in [0.1, 0.15) is 23.0 Å². The molecule has 0 aliphatic heterocycles. The molecular weight excluding hydrogens is 339 g/mol. The van der Waals surface area contributed by atoms with Gasteiger partial charge >= 0.3 is 6.09 Å². The van der Waals surface area contributed by atoms with E-state index in [9.17, 15) is 14.0 Å². The number of aromatic nitrogens is 1. The predicted octanol–water partition coefficient (Wildman–Crippen LogP) is 3.61. The number of carbonyl (C=O) groups excluding carboxylic acids is 2. The first kappa shape index (κ1) is 17.5. The number of nitrogen functional groups attached to an aromatic ring is 1. The van der Waals surface area contributed by atoms with Gasteiger partial charge in [-0.25, -0.2) is 13.8 Å². The van der Waals surface area contributed by atoms with Gasteiger partial charge in [0.25, 0.3) is 0 Å². The highest BCUT2D eigenvalue weighted by Gasteiger charge is 2.28. The number of nitrogens with two attached hydrogens (primary N) is 1. The second kappa shape index (κ2) is 6.87. The van der Waals surface area contributed by atoms with E-state index in [1.165, 1.54) is 25.3 Å². The molecule has 1 heterocycles. The van der Waals surface area contributed by atoms with Crippen LogP contribution in [-0.4, -0.2) is 30.2 Å². The van der Waals surface area contributed by atoms with E-state index < -0.39 is 17.7 Å². The lowest BCUT2D eigenvalue weighted by molar-refractivity contribution is 0.102. The second-order valence-electron chi connectivity index (χ2n) is 5.46. The standard InChI is InChI=1S/C19H17FN2O4/c1-3-26-19(24)22-13-9-5-4-7-11(13)16(21)17(22)18(23)12-8-6-10-14(25-2)15(12)20/h4-10H,3,21H2,1-2H3. The minimum atomic E-state index is -0.819. The number of anilines is 1. The molecule has 0 fully saturated rings. The lowest BCUT2D eigenvalue weighted by Crippen LogP contribution is -2.21. The Bertz CT molecular complexity index is 1010. The fraction of sp³-hybridized carbons (Fsp3) is 0.158. The third-order valence-electron chi connectivity index (χ3n) is 4.01. The Kier molecular flexibility index (Phi) is 4.62. The fourth-order valence-corrected chi connectivity index (χ4v) is 2.84. The van der Waals surface area contributed by atoms with Crippen LogP contribution < -0.4 is 10.5 Å². The lowest BCUT2D eigenvalue weighted by atomic mass is 10.1. The van der Waals surface area contributed by atoms with Crippen LogP contribution in [0.4, 0.5) is 14.9 Å². The fourth-order valence-electron chi connectivity index (χ4n) is 2.84. The van der Waals surface area contributed by atoms with Gasteiger partial charge in [-0.05, 0) is 25.1 Å². The number of nitrogens with zero attached hydrogens (tertiary/aromatic N) is 1. The summed E-state index contributed by atoms with van der Waals surface area (Å²) in [5.74, 6) is -1.63. The molecule has 3 aromatic rings. The van der Waals surface area contributed by atoms with E-state index in [4.69, 9.17) is 15.2 Å². The van der Waals surface area contributed by atoms with Crippen molar-refractivity contribution in [1.29, 1.82) is 0 Å². The van der Waals surface area contributed by atoms with E-state index in [1.54, 1.807) is 31.2 Å². The van der Waals surface area contributed by atoms with Crippen molar-refractivity contribution < 1.29 is 23.5 Å². The van der Waals surface area contributed by atoms with Crippen LogP contribution in [0.15, 0.2) is 42.5 Å². The van der Waals surface area contributed by atoms with Gasteiger partial charge in [-0.15, -0.1) is 0 Å². The topological polar surface area (TPSA) is 83.5 Å². The SMILES string of the molecule is CCOC(=O)n1c(C(=O)c2cccc(OC)c2F)c(N)c2ccccc21. The van der Waals surface area contributed by atoms with Crippen molar-refractivity contribution in [2.45, 2.75) is 6.92 Å². The van der Waals surface area contributed by atoms with Crippen LogP contribution in [0.25, 0.3) is 10.9 Å². The van der Waals surface area contributed by atoms with Crippen molar-refractivity contribution in [3.05, 3.63) is 59.5 Å². The first-order valence-corrected chi connectivity index (χ1v) is 7.94. The zero-order valence-corrected chi connectivity index (χ0v) is 14.3. The van der Waals surface area contributed by atoms with Crippen LogP contribution in [0.3, 0.4) is 0 Å². The van der Waals surface area contributed by atoms with E-state index in [-0.39, 0.29) is 29.3 Å². The monoisotopic (exact) mass is 356 g/mol. The van der Waals surface area contributed by atoms with Crippen LogP contribution >= 0.6 is 0 Å². The van der Waals surface area contributed by atoms with Crippen LogP contribution in [0.5, 0.6) is 5.75 Å². The number of fused-ring (bicyclic) bond motifs is 1. The molecule has 0 aliphatic carbocycles. The molecule has 2 N–H and O–H groups in total. The number of ketones is 1. The second-order valence-corrected chi connectivity index (χ2v) is 5.46. The van der Waals surface area contributed by atoms with Crippen LogP contribution in [-0.2, 0) is 4.74 Å². The number of rotatable bonds is 4. The molecule has 0 amide bonds. The summed E-state index contributed by atoms with van der Waals surface area (Å²) in [7, 11) is 1.30. The number of hydrogen-bond donors (Lipinski definition) is 1. The molecule has 26 heavy (non-hydrogen) atoms. The van der Waals surface area contributed by atoms with Gasteiger partial charge in [0.05, 0.1) is 30.5 Å². The predicted molar refractivity (Wildman–Crippen MR) is 95.2 cm³/mol.